The Balaban J connectivity index is 2.22. The average molecular weight is 355 g/mol. The molecule has 0 aliphatic rings. The average Bonchev–Trinajstić information content (AvgIpc) is 2.55. The third-order valence-electron chi connectivity index (χ3n) is 3.40. The molecule has 0 aliphatic carbocycles. The monoisotopic (exact) mass is 355 g/mol. The molecule has 0 aromatic heterocycles. The van der Waals surface area contributed by atoms with Crippen LogP contribution in [0.4, 0.5) is 4.39 Å². The lowest BCUT2D eigenvalue weighted by atomic mass is 10.2. The molecule has 0 amide bonds. The van der Waals surface area contributed by atoms with Crippen molar-refractivity contribution in [2.75, 3.05) is 20.4 Å². The van der Waals surface area contributed by atoms with Gasteiger partial charge in [0.1, 0.15) is 0 Å². The maximum atomic E-state index is 13.7. The second-order valence-electron chi connectivity index (χ2n) is 4.91. The molecule has 0 N–H and O–H groups in total. The van der Waals surface area contributed by atoms with Crippen LogP contribution < -0.4 is 4.74 Å². The number of hydrogen-bond acceptors (Lipinski definition) is 4. The van der Waals surface area contributed by atoms with E-state index in [0.29, 0.717) is 0 Å². The number of rotatable bonds is 6. The van der Waals surface area contributed by atoms with Gasteiger partial charge in [-0.2, -0.15) is 4.31 Å². The van der Waals surface area contributed by atoms with Crippen LogP contribution in [-0.4, -0.2) is 33.1 Å². The molecule has 0 spiro atoms. The first-order valence-corrected chi connectivity index (χ1v) is 9.47. The van der Waals surface area contributed by atoms with Gasteiger partial charge < -0.3 is 4.74 Å². The molecule has 124 valence electrons. The molecule has 0 heterocycles. The van der Waals surface area contributed by atoms with Crippen molar-refractivity contribution in [1.82, 2.24) is 4.31 Å². The molecule has 7 heteroatoms. The van der Waals surface area contributed by atoms with Crippen molar-refractivity contribution >= 4 is 21.8 Å². The maximum absolute atomic E-state index is 13.7. The summed E-state index contributed by atoms with van der Waals surface area (Å²) in [5.74, 6) is -0.689. The van der Waals surface area contributed by atoms with Gasteiger partial charge in [-0.15, -0.1) is 11.8 Å². The minimum absolute atomic E-state index is 0.0132. The predicted octanol–water partition coefficient (Wildman–Crippen LogP) is 3.38. The number of methoxy groups -OCH3 is 1. The van der Waals surface area contributed by atoms with Crippen LogP contribution in [0.3, 0.4) is 0 Å². The normalized spacial score (nSPS) is 11.7. The van der Waals surface area contributed by atoms with Crippen molar-refractivity contribution in [3.05, 3.63) is 53.8 Å². The van der Waals surface area contributed by atoms with Gasteiger partial charge in [0.2, 0.25) is 10.0 Å². The smallest absolute Gasteiger partial charge is 0.243 e. The Morgan fingerprint density at radius 2 is 1.83 bits per heavy atom. The molecule has 0 aliphatic heterocycles. The summed E-state index contributed by atoms with van der Waals surface area (Å²) in [6, 6.07) is 11.3. The van der Waals surface area contributed by atoms with E-state index in [2.05, 4.69) is 0 Å². The van der Waals surface area contributed by atoms with Crippen molar-refractivity contribution in [2.45, 2.75) is 16.3 Å². The van der Waals surface area contributed by atoms with Gasteiger partial charge >= 0.3 is 0 Å². The zero-order valence-corrected chi connectivity index (χ0v) is 14.7. The number of ether oxygens (including phenoxy) is 1. The molecule has 0 atom stereocenters. The molecule has 2 aromatic rings. The second-order valence-corrected chi connectivity index (χ2v) is 7.83. The standard InChI is InChI=1S/C16H18FNO3S2/c1-18(11-12-4-6-13(22-3)7-5-12)23(19,20)14-8-9-16(21-2)15(17)10-14/h4-10H,11H2,1-3H3. The number of thioether (sulfide) groups is 1. The summed E-state index contributed by atoms with van der Waals surface area (Å²) in [5, 5.41) is 0. The van der Waals surface area contributed by atoms with E-state index in [1.807, 2.05) is 30.5 Å². The molecule has 0 saturated heterocycles. The van der Waals surface area contributed by atoms with Gasteiger partial charge in [-0.25, -0.2) is 12.8 Å². The first kappa shape index (κ1) is 17.8. The SMILES string of the molecule is COc1ccc(S(=O)(=O)N(C)Cc2ccc(SC)cc2)cc1F. The minimum Gasteiger partial charge on any atom is -0.494 e. The summed E-state index contributed by atoms with van der Waals surface area (Å²) in [6.45, 7) is 0.213. The van der Waals surface area contributed by atoms with Crippen LogP contribution in [0.1, 0.15) is 5.56 Å². The molecule has 23 heavy (non-hydrogen) atoms. The minimum atomic E-state index is -3.77. The van der Waals surface area contributed by atoms with Crippen molar-refractivity contribution < 1.29 is 17.5 Å². The summed E-state index contributed by atoms with van der Waals surface area (Å²) < 4.78 is 44.8. The molecule has 0 bridgehead atoms. The van der Waals surface area contributed by atoms with Crippen LogP contribution in [0.25, 0.3) is 0 Å². The Morgan fingerprint density at radius 1 is 1.17 bits per heavy atom. The van der Waals surface area contributed by atoms with E-state index in [9.17, 15) is 12.8 Å². The van der Waals surface area contributed by atoms with Crippen LogP contribution in [0.5, 0.6) is 5.75 Å². The number of nitrogens with zero attached hydrogens (tertiary/aromatic N) is 1. The fourth-order valence-electron chi connectivity index (χ4n) is 2.06. The molecule has 2 rings (SSSR count). The van der Waals surface area contributed by atoms with Crippen LogP contribution in [0.15, 0.2) is 52.3 Å². The van der Waals surface area contributed by atoms with Gasteiger partial charge in [-0.1, -0.05) is 12.1 Å². The lowest BCUT2D eigenvalue weighted by Gasteiger charge is -2.18. The van der Waals surface area contributed by atoms with E-state index >= 15 is 0 Å². The van der Waals surface area contributed by atoms with Gasteiger partial charge in [0, 0.05) is 18.5 Å². The Hall–Kier alpha value is -1.57. The van der Waals surface area contributed by atoms with Crippen LogP contribution in [0.2, 0.25) is 0 Å². The summed E-state index contributed by atoms with van der Waals surface area (Å²) in [7, 11) is -0.965. The Morgan fingerprint density at radius 3 is 2.35 bits per heavy atom. The molecule has 0 unspecified atom stereocenters. The van der Waals surface area contributed by atoms with Crippen molar-refractivity contribution in [3.63, 3.8) is 0 Å². The van der Waals surface area contributed by atoms with Gasteiger partial charge in [0.05, 0.1) is 12.0 Å². The van der Waals surface area contributed by atoms with E-state index in [-0.39, 0.29) is 17.2 Å². The third-order valence-corrected chi connectivity index (χ3v) is 5.94. The van der Waals surface area contributed by atoms with Gasteiger partial charge in [-0.3, -0.25) is 0 Å². The van der Waals surface area contributed by atoms with E-state index in [1.165, 1.54) is 30.6 Å². The van der Waals surface area contributed by atoms with Gasteiger partial charge in [0.15, 0.2) is 11.6 Å². The van der Waals surface area contributed by atoms with E-state index in [0.717, 1.165) is 16.5 Å². The first-order chi connectivity index (χ1) is 10.9. The van der Waals surface area contributed by atoms with Crippen molar-refractivity contribution in [1.29, 1.82) is 0 Å². The third kappa shape index (κ3) is 4.04. The molecule has 2 aromatic carbocycles. The molecular weight excluding hydrogens is 337 g/mol. The number of benzene rings is 2. The highest BCUT2D eigenvalue weighted by molar-refractivity contribution is 7.98. The molecule has 0 radical (unpaired) electrons. The van der Waals surface area contributed by atoms with Crippen LogP contribution in [0, 0.1) is 5.82 Å². The highest BCUT2D eigenvalue weighted by atomic mass is 32.2. The largest absolute Gasteiger partial charge is 0.494 e. The van der Waals surface area contributed by atoms with E-state index in [4.69, 9.17) is 4.74 Å². The second kappa shape index (κ2) is 7.33. The first-order valence-electron chi connectivity index (χ1n) is 6.81. The Kier molecular flexibility index (Phi) is 5.67. The van der Waals surface area contributed by atoms with Crippen molar-refractivity contribution in [2.24, 2.45) is 0 Å². The predicted molar refractivity (Wildman–Crippen MR) is 89.8 cm³/mol. The van der Waals surface area contributed by atoms with E-state index < -0.39 is 15.8 Å². The molecule has 0 fully saturated rings. The van der Waals surface area contributed by atoms with Gasteiger partial charge in [0.25, 0.3) is 0 Å². The maximum Gasteiger partial charge on any atom is 0.243 e. The molecule has 4 nitrogen and oxygen atoms in total. The topological polar surface area (TPSA) is 46.6 Å². The fraction of sp³-hybridized carbons (Fsp3) is 0.250. The van der Waals surface area contributed by atoms with Gasteiger partial charge in [-0.05, 0) is 42.2 Å². The highest BCUT2D eigenvalue weighted by Gasteiger charge is 2.22. The molecular formula is C16H18FNO3S2. The molecule has 0 saturated carbocycles. The van der Waals surface area contributed by atoms with Crippen molar-refractivity contribution in [3.8, 4) is 5.75 Å². The van der Waals surface area contributed by atoms with E-state index in [1.54, 1.807) is 11.8 Å². The summed E-state index contributed by atoms with van der Waals surface area (Å²) in [6.07, 6.45) is 1.98. The quantitative estimate of drug-likeness (QED) is 0.746. The fourth-order valence-corrected chi connectivity index (χ4v) is 3.64. The highest BCUT2D eigenvalue weighted by Crippen LogP contribution is 2.24. The van der Waals surface area contributed by atoms with Crippen LogP contribution in [-0.2, 0) is 16.6 Å². The zero-order chi connectivity index (χ0) is 17.0. The lowest BCUT2D eigenvalue weighted by molar-refractivity contribution is 0.385. The summed E-state index contributed by atoms with van der Waals surface area (Å²) in [5.41, 5.74) is 0.864. The number of hydrogen-bond donors (Lipinski definition) is 0. The summed E-state index contributed by atoms with van der Waals surface area (Å²) in [4.78, 5) is 1.01. The Bertz CT molecular complexity index is 776. The number of halogens is 1. The Labute approximate surface area is 140 Å². The van der Waals surface area contributed by atoms with Crippen LogP contribution >= 0.6 is 11.8 Å². The zero-order valence-electron chi connectivity index (χ0n) is 13.1. The number of sulfonamides is 1. The summed E-state index contributed by atoms with van der Waals surface area (Å²) >= 11 is 1.62. The lowest BCUT2D eigenvalue weighted by Crippen LogP contribution is -2.26.